The van der Waals surface area contributed by atoms with E-state index in [1.54, 1.807) is 0 Å². The van der Waals surface area contributed by atoms with Gasteiger partial charge in [0.2, 0.25) is 5.79 Å². The highest BCUT2D eigenvalue weighted by Gasteiger charge is 2.81. The van der Waals surface area contributed by atoms with Gasteiger partial charge in [-0.25, -0.2) is 0 Å². The van der Waals surface area contributed by atoms with Crippen molar-refractivity contribution in [1.29, 1.82) is 0 Å². The lowest BCUT2D eigenvalue weighted by Gasteiger charge is -2.45. The summed E-state index contributed by atoms with van der Waals surface area (Å²) in [6.45, 7) is 0.998. The summed E-state index contributed by atoms with van der Waals surface area (Å²) in [5, 5.41) is 10.6. The molecule has 0 unspecified atom stereocenters. The first-order valence-electron chi connectivity index (χ1n) is 8.37. The van der Waals surface area contributed by atoms with E-state index >= 15 is 0 Å². The summed E-state index contributed by atoms with van der Waals surface area (Å²) in [4.78, 5) is 13.1. The van der Waals surface area contributed by atoms with Crippen molar-refractivity contribution in [3.05, 3.63) is 23.8 Å². The molecule has 122 valence electrons. The maximum atomic E-state index is 13.1. The summed E-state index contributed by atoms with van der Waals surface area (Å²) in [6.07, 6.45) is 7.16. The summed E-state index contributed by atoms with van der Waals surface area (Å²) in [5.74, 6) is -1.24. The van der Waals surface area contributed by atoms with Crippen molar-refractivity contribution in [2.24, 2.45) is 5.41 Å². The zero-order chi connectivity index (χ0) is 15.5. The molecule has 23 heavy (non-hydrogen) atoms. The van der Waals surface area contributed by atoms with E-state index in [2.05, 4.69) is 0 Å². The van der Waals surface area contributed by atoms with Gasteiger partial charge in [-0.15, -0.1) is 0 Å². The normalized spacial score (nSPS) is 54.1. The van der Waals surface area contributed by atoms with E-state index in [1.165, 1.54) is 0 Å². The van der Waals surface area contributed by atoms with Crippen molar-refractivity contribution >= 4 is 5.97 Å². The molecule has 7 rings (SSSR count). The van der Waals surface area contributed by atoms with Gasteiger partial charge in [0.05, 0.1) is 13.2 Å². The highest BCUT2D eigenvalue weighted by molar-refractivity contribution is 5.87. The minimum atomic E-state index is -1.06. The largest absolute Gasteiger partial charge is 0.448 e. The molecule has 4 fully saturated rings. The van der Waals surface area contributed by atoms with Gasteiger partial charge in [0.1, 0.15) is 17.6 Å². The van der Waals surface area contributed by atoms with Crippen LogP contribution in [0.2, 0.25) is 0 Å². The minimum Gasteiger partial charge on any atom is -0.448 e. The Morgan fingerprint density at radius 2 is 2.04 bits per heavy atom. The average molecular weight is 318 g/mol. The highest BCUT2D eigenvalue weighted by Crippen LogP contribution is 2.68. The van der Waals surface area contributed by atoms with Gasteiger partial charge >= 0.3 is 5.97 Å². The van der Waals surface area contributed by atoms with E-state index in [4.69, 9.17) is 18.9 Å². The van der Waals surface area contributed by atoms with Crippen molar-refractivity contribution in [3.8, 4) is 0 Å². The maximum absolute atomic E-state index is 13.1. The number of ether oxygens (including phenoxy) is 4. The third-order valence-corrected chi connectivity index (χ3v) is 6.80. The number of aliphatic hydroxyl groups excluding tert-OH is 1. The second kappa shape index (κ2) is 3.57. The number of hydrogen-bond donors (Lipinski definition) is 1. The van der Waals surface area contributed by atoms with Gasteiger partial charge in [-0.1, -0.05) is 12.2 Å². The lowest BCUT2D eigenvalue weighted by Crippen LogP contribution is -2.60. The van der Waals surface area contributed by atoms with Gasteiger partial charge in [-0.05, 0) is 30.9 Å². The molecule has 6 heteroatoms. The van der Waals surface area contributed by atoms with Crippen LogP contribution in [0.1, 0.15) is 25.7 Å². The molecule has 1 N–H and O–H groups in total. The Kier molecular flexibility index (Phi) is 2.03. The number of carbonyl (C=O) groups excluding carboxylic acids is 1. The van der Waals surface area contributed by atoms with Crippen LogP contribution in [0.25, 0.3) is 0 Å². The Hall–Kier alpha value is -1.21. The molecule has 2 saturated carbocycles. The molecule has 2 saturated heterocycles. The van der Waals surface area contributed by atoms with Crippen molar-refractivity contribution < 1.29 is 28.8 Å². The third kappa shape index (κ3) is 1.07. The quantitative estimate of drug-likeness (QED) is 0.521. The molecule has 0 radical (unpaired) electrons. The van der Waals surface area contributed by atoms with Gasteiger partial charge in [0.25, 0.3) is 0 Å². The molecule has 0 amide bonds. The lowest BCUT2D eigenvalue weighted by molar-refractivity contribution is -0.267. The topological polar surface area (TPSA) is 74.2 Å². The molecule has 0 aromatic rings. The number of esters is 1. The Labute approximate surface area is 133 Å². The van der Waals surface area contributed by atoms with Crippen molar-refractivity contribution in [2.45, 2.75) is 54.9 Å². The molecule has 5 heterocycles. The molecule has 0 aromatic carbocycles. The first-order valence-corrected chi connectivity index (χ1v) is 8.37. The molecule has 4 bridgehead atoms. The summed E-state index contributed by atoms with van der Waals surface area (Å²) < 4.78 is 24.4. The molecular formula is C17H18O6. The summed E-state index contributed by atoms with van der Waals surface area (Å²) in [5.41, 5.74) is -1.97. The van der Waals surface area contributed by atoms with Gasteiger partial charge in [0.15, 0.2) is 11.2 Å². The molecule has 6 nitrogen and oxygen atoms in total. The van der Waals surface area contributed by atoms with E-state index in [0.29, 0.717) is 32.5 Å². The van der Waals surface area contributed by atoms with Crippen LogP contribution >= 0.6 is 0 Å². The predicted molar refractivity (Wildman–Crippen MR) is 75.2 cm³/mol. The predicted octanol–water partition coefficient (Wildman–Crippen LogP) is 0.594. The van der Waals surface area contributed by atoms with E-state index in [0.717, 1.165) is 12.0 Å². The monoisotopic (exact) mass is 318 g/mol. The van der Waals surface area contributed by atoms with E-state index in [1.807, 2.05) is 18.2 Å². The average Bonchev–Trinajstić information content (AvgIpc) is 3.26. The number of fused-ring (bicyclic) bond motifs is 1. The Bertz CT molecular complexity index is 691. The van der Waals surface area contributed by atoms with E-state index in [9.17, 15) is 9.90 Å². The third-order valence-electron chi connectivity index (χ3n) is 6.80. The van der Waals surface area contributed by atoms with Crippen LogP contribution in [0.15, 0.2) is 23.8 Å². The fourth-order valence-corrected chi connectivity index (χ4v) is 5.79. The molecule has 4 spiro atoms. The summed E-state index contributed by atoms with van der Waals surface area (Å²) in [7, 11) is 0. The zero-order valence-corrected chi connectivity index (χ0v) is 12.6. The van der Waals surface area contributed by atoms with E-state index in [-0.39, 0.29) is 5.97 Å². The summed E-state index contributed by atoms with van der Waals surface area (Å²) >= 11 is 0. The van der Waals surface area contributed by atoms with Crippen LogP contribution < -0.4 is 0 Å². The fourth-order valence-electron chi connectivity index (χ4n) is 5.79. The molecular weight excluding hydrogens is 300 g/mol. The van der Waals surface area contributed by atoms with Crippen molar-refractivity contribution in [3.63, 3.8) is 0 Å². The van der Waals surface area contributed by atoms with Gasteiger partial charge < -0.3 is 24.1 Å². The van der Waals surface area contributed by atoms with Crippen LogP contribution in [0.3, 0.4) is 0 Å². The van der Waals surface area contributed by atoms with Gasteiger partial charge in [-0.2, -0.15) is 0 Å². The molecule has 5 aliphatic heterocycles. The minimum absolute atomic E-state index is 0.315. The number of rotatable bonds is 0. The number of hydrogen-bond acceptors (Lipinski definition) is 6. The molecule has 0 aromatic heterocycles. The van der Waals surface area contributed by atoms with Crippen molar-refractivity contribution in [1.82, 2.24) is 0 Å². The first-order chi connectivity index (χ1) is 11.1. The van der Waals surface area contributed by atoms with Gasteiger partial charge in [0, 0.05) is 6.42 Å². The van der Waals surface area contributed by atoms with E-state index < -0.39 is 34.6 Å². The van der Waals surface area contributed by atoms with Crippen LogP contribution in [-0.4, -0.2) is 53.5 Å². The Morgan fingerprint density at radius 1 is 1.22 bits per heavy atom. The lowest BCUT2D eigenvalue weighted by atomic mass is 9.68. The van der Waals surface area contributed by atoms with Crippen LogP contribution in [0.5, 0.6) is 0 Å². The smallest absolute Gasteiger partial charge is 0.320 e. The fraction of sp³-hybridized carbons (Fsp3) is 0.706. The number of aliphatic hydroxyl groups is 1. The first kappa shape index (κ1) is 13.1. The van der Waals surface area contributed by atoms with Crippen LogP contribution in [0, 0.1) is 5.41 Å². The maximum Gasteiger partial charge on any atom is 0.320 e. The second-order valence-corrected chi connectivity index (χ2v) is 7.46. The van der Waals surface area contributed by atoms with Crippen LogP contribution in [-0.2, 0) is 23.7 Å². The number of carbonyl (C=O) groups is 1. The Balaban J connectivity index is 1.66. The zero-order valence-electron chi connectivity index (χ0n) is 12.6. The standard InChI is InChI=1S/C17H18O6/c18-11-2-1-10-9-14-5-6-16(20-7-8-21-16)15(14)4-3-12(22-15)17(10,11)23-13(14)19/h3-4,9,11-12,18H,1-2,5-8H2/t11-,12-,14-,15+,17+/m1/s1. The molecule has 7 aliphatic rings. The molecule has 5 atom stereocenters. The SMILES string of the molecule is O=C1O[C@]23C(=C[C@]14CCC1(OCCO1)[C@]41C=C[C@H]2O1)CC[C@H]3O. The van der Waals surface area contributed by atoms with Crippen molar-refractivity contribution in [2.75, 3.05) is 13.2 Å². The molecule has 2 aliphatic carbocycles. The van der Waals surface area contributed by atoms with Gasteiger partial charge in [-0.3, -0.25) is 4.79 Å². The highest BCUT2D eigenvalue weighted by atomic mass is 16.8. The Morgan fingerprint density at radius 3 is 2.87 bits per heavy atom. The van der Waals surface area contributed by atoms with Crippen LogP contribution in [0.4, 0.5) is 0 Å². The second-order valence-electron chi connectivity index (χ2n) is 7.46. The summed E-state index contributed by atoms with van der Waals surface area (Å²) in [6, 6.07) is 0.